The van der Waals surface area contributed by atoms with Gasteiger partial charge in [-0.1, -0.05) is 6.07 Å². The van der Waals surface area contributed by atoms with Crippen LogP contribution in [0.15, 0.2) is 23.7 Å². The predicted octanol–water partition coefficient (Wildman–Crippen LogP) is 4.58. The van der Waals surface area contributed by atoms with Crippen LogP contribution in [0.25, 0.3) is 10.2 Å². The molecular weight excluding hydrogens is 250 g/mol. The van der Waals surface area contributed by atoms with E-state index in [0.717, 1.165) is 17.8 Å². The van der Waals surface area contributed by atoms with Gasteiger partial charge in [0, 0.05) is 0 Å². The molecule has 1 radical (unpaired) electrons. The third-order valence-corrected chi connectivity index (χ3v) is 6.50. The summed E-state index contributed by atoms with van der Waals surface area (Å²) in [7, 11) is 0. The van der Waals surface area contributed by atoms with E-state index in [0.29, 0.717) is 5.41 Å². The highest BCUT2D eigenvalue weighted by atomic mass is 32.1. The zero-order valence-corrected chi connectivity index (χ0v) is 11.8. The average molecular weight is 268 g/mol. The van der Waals surface area contributed by atoms with Crippen LogP contribution in [0.4, 0.5) is 0 Å². The molecule has 2 unspecified atom stereocenters. The molecule has 0 amide bonds. The van der Waals surface area contributed by atoms with Gasteiger partial charge in [-0.2, -0.15) is 0 Å². The normalized spacial score (nSPS) is 40.1. The van der Waals surface area contributed by atoms with E-state index in [1.54, 1.807) is 16.9 Å². The molecule has 2 aromatic rings. The van der Waals surface area contributed by atoms with Crippen molar-refractivity contribution in [1.29, 1.82) is 0 Å². The van der Waals surface area contributed by atoms with Crippen molar-refractivity contribution >= 4 is 21.6 Å². The Morgan fingerprint density at radius 3 is 2.74 bits per heavy atom. The SMILES string of the molecule is [CH]1C2CC3CC(C2)CC1(c1ccc2ncsc2c1)C3. The van der Waals surface area contributed by atoms with E-state index >= 15 is 0 Å². The molecule has 2 heteroatoms. The van der Waals surface area contributed by atoms with Gasteiger partial charge in [-0.3, -0.25) is 0 Å². The molecule has 19 heavy (non-hydrogen) atoms. The summed E-state index contributed by atoms with van der Waals surface area (Å²) >= 11 is 1.78. The quantitative estimate of drug-likeness (QED) is 0.738. The number of hydrogen-bond donors (Lipinski definition) is 0. The van der Waals surface area contributed by atoms with Crippen LogP contribution in [0.3, 0.4) is 0 Å². The number of hydrogen-bond acceptors (Lipinski definition) is 2. The van der Waals surface area contributed by atoms with E-state index in [2.05, 4.69) is 29.6 Å². The second-order valence-corrected chi connectivity index (χ2v) is 7.85. The number of benzene rings is 1. The average Bonchev–Trinajstić information content (AvgIpc) is 2.84. The molecule has 4 fully saturated rings. The van der Waals surface area contributed by atoms with Crippen molar-refractivity contribution in [2.24, 2.45) is 17.8 Å². The van der Waals surface area contributed by atoms with Crippen molar-refractivity contribution in [2.45, 2.75) is 37.5 Å². The first-order valence-corrected chi connectivity index (χ1v) is 8.38. The van der Waals surface area contributed by atoms with E-state index in [1.165, 1.54) is 42.3 Å². The van der Waals surface area contributed by atoms with E-state index in [1.807, 2.05) is 5.51 Å². The minimum Gasteiger partial charge on any atom is -0.245 e. The molecule has 4 saturated carbocycles. The Morgan fingerprint density at radius 1 is 1.11 bits per heavy atom. The summed E-state index contributed by atoms with van der Waals surface area (Å²) in [6.45, 7) is 0. The molecule has 97 valence electrons. The highest BCUT2D eigenvalue weighted by Crippen LogP contribution is 2.60. The summed E-state index contributed by atoms with van der Waals surface area (Å²) in [4.78, 5) is 4.41. The van der Waals surface area contributed by atoms with Crippen LogP contribution in [0.2, 0.25) is 0 Å². The molecule has 1 aromatic carbocycles. The fraction of sp³-hybridized carbons (Fsp3) is 0.529. The first-order chi connectivity index (χ1) is 9.31. The standard InChI is InChI=1S/C17H18NS/c1-2-15-16(19-10-18-15)6-14(1)17-7-11-3-12(8-17)5-13(4-11)9-17/h1-2,6-7,10-13H,3-5,8-9H2. The molecule has 0 spiro atoms. The highest BCUT2D eigenvalue weighted by molar-refractivity contribution is 7.16. The van der Waals surface area contributed by atoms with Crippen LogP contribution < -0.4 is 0 Å². The summed E-state index contributed by atoms with van der Waals surface area (Å²) in [6.07, 6.45) is 9.99. The van der Waals surface area contributed by atoms with Crippen LogP contribution in [-0.2, 0) is 5.41 Å². The van der Waals surface area contributed by atoms with Crippen LogP contribution >= 0.6 is 11.3 Å². The van der Waals surface area contributed by atoms with Gasteiger partial charge >= 0.3 is 0 Å². The van der Waals surface area contributed by atoms with Gasteiger partial charge in [0.1, 0.15) is 0 Å². The largest absolute Gasteiger partial charge is 0.245 e. The van der Waals surface area contributed by atoms with Gasteiger partial charge in [0.15, 0.2) is 0 Å². The van der Waals surface area contributed by atoms with Crippen molar-refractivity contribution in [3.05, 3.63) is 35.7 Å². The van der Waals surface area contributed by atoms with Gasteiger partial charge < -0.3 is 0 Å². The molecule has 0 saturated heterocycles. The number of aromatic nitrogens is 1. The van der Waals surface area contributed by atoms with E-state index in [9.17, 15) is 0 Å². The fourth-order valence-electron chi connectivity index (χ4n) is 5.28. The number of thiazole rings is 1. The van der Waals surface area contributed by atoms with Crippen molar-refractivity contribution in [3.63, 3.8) is 0 Å². The van der Waals surface area contributed by atoms with E-state index < -0.39 is 0 Å². The lowest BCUT2D eigenvalue weighted by atomic mass is 9.48. The monoisotopic (exact) mass is 268 g/mol. The smallest absolute Gasteiger partial charge is 0.0812 e. The summed E-state index contributed by atoms with van der Waals surface area (Å²) in [6, 6.07) is 7.01. The third-order valence-electron chi connectivity index (χ3n) is 5.71. The third kappa shape index (κ3) is 1.50. The second kappa shape index (κ2) is 3.60. The molecule has 0 N–H and O–H groups in total. The Bertz CT molecular complexity index is 606. The fourth-order valence-corrected chi connectivity index (χ4v) is 6.00. The Labute approximate surface area is 118 Å². The Kier molecular flexibility index (Phi) is 2.06. The van der Waals surface area contributed by atoms with E-state index in [-0.39, 0.29) is 0 Å². The molecule has 4 aliphatic carbocycles. The summed E-state index contributed by atoms with van der Waals surface area (Å²) < 4.78 is 1.36. The highest BCUT2D eigenvalue weighted by Gasteiger charge is 2.51. The molecule has 1 nitrogen and oxygen atoms in total. The molecular formula is C17H18NS. The lowest BCUT2D eigenvalue weighted by molar-refractivity contribution is 0.0417. The first-order valence-electron chi connectivity index (χ1n) is 7.50. The first kappa shape index (κ1) is 10.8. The Morgan fingerprint density at radius 2 is 1.95 bits per heavy atom. The number of rotatable bonds is 1. The van der Waals surface area contributed by atoms with Gasteiger partial charge in [0.05, 0.1) is 15.7 Å². The topological polar surface area (TPSA) is 12.9 Å². The molecule has 6 rings (SSSR count). The van der Waals surface area contributed by atoms with Crippen LogP contribution in [-0.4, -0.2) is 4.98 Å². The predicted molar refractivity (Wildman–Crippen MR) is 79.2 cm³/mol. The zero-order chi connectivity index (χ0) is 12.4. The zero-order valence-electron chi connectivity index (χ0n) is 11.0. The van der Waals surface area contributed by atoms with Gasteiger partial charge in [-0.15, -0.1) is 11.3 Å². The van der Waals surface area contributed by atoms with E-state index in [4.69, 9.17) is 0 Å². The maximum atomic E-state index is 4.41. The number of fused-ring (bicyclic) bond motifs is 1. The molecule has 1 aromatic heterocycles. The summed E-state index contributed by atoms with van der Waals surface area (Å²) in [5, 5.41) is 0. The van der Waals surface area contributed by atoms with Gasteiger partial charge in [-0.25, -0.2) is 4.98 Å². The van der Waals surface area contributed by atoms with Crippen molar-refractivity contribution in [2.75, 3.05) is 0 Å². The Balaban J connectivity index is 1.64. The summed E-state index contributed by atoms with van der Waals surface area (Å²) in [5.74, 6) is 2.91. The van der Waals surface area contributed by atoms with Gasteiger partial charge in [0.25, 0.3) is 0 Å². The van der Waals surface area contributed by atoms with Crippen molar-refractivity contribution in [1.82, 2.24) is 4.98 Å². The minimum absolute atomic E-state index is 0.410. The summed E-state index contributed by atoms with van der Waals surface area (Å²) in [5.41, 5.74) is 5.12. The van der Waals surface area contributed by atoms with Crippen LogP contribution in [0, 0.1) is 24.2 Å². The van der Waals surface area contributed by atoms with Crippen LogP contribution in [0.1, 0.15) is 37.7 Å². The van der Waals surface area contributed by atoms with Gasteiger partial charge in [0.2, 0.25) is 0 Å². The van der Waals surface area contributed by atoms with Crippen molar-refractivity contribution < 1.29 is 0 Å². The molecule has 4 aliphatic rings. The minimum atomic E-state index is 0.410. The molecule has 1 heterocycles. The molecule has 4 bridgehead atoms. The second-order valence-electron chi connectivity index (χ2n) is 6.97. The Hall–Kier alpha value is -0.890. The molecule has 2 atom stereocenters. The maximum absolute atomic E-state index is 4.41. The number of nitrogens with zero attached hydrogens (tertiary/aromatic N) is 1. The lowest BCUT2D eigenvalue weighted by Crippen LogP contribution is -2.49. The molecule has 0 aliphatic heterocycles. The van der Waals surface area contributed by atoms with Gasteiger partial charge in [-0.05, 0) is 79.4 Å². The maximum Gasteiger partial charge on any atom is 0.0812 e. The van der Waals surface area contributed by atoms with Crippen LogP contribution in [0.5, 0.6) is 0 Å². The van der Waals surface area contributed by atoms with Crippen molar-refractivity contribution in [3.8, 4) is 0 Å². The lowest BCUT2D eigenvalue weighted by Gasteiger charge is -2.57.